The van der Waals surface area contributed by atoms with Crippen molar-refractivity contribution in [3.63, 3.8) is 0 Å². The molecule has 2 aliphatic rings. The summed E-state index contributed by atoms with van der Waals surface area (Å²) >= 11 is 1.50. The highest BCUT2D eigenvalue weighted by molar-refractivity contribution is 7.98. The zero-order valence-electron chi connectivity index (χ0n) is 23.5. The van der Waals surface area contributed by atoms with Gasteiger partial charge in [-0.3, -0.25) is 14.5 Å². The topological polar surface area (TPSA) is 79.4 Å². The Morgan fingerprint density at radius 1 is 1.18 bits per heavy atom. The second-order valence-corrected chi connectivity index (χ2v) is 12.0. The first-order chi connectivity index (χ1) is 19.2. The number of nitrogens with one attached hydrogen (secondary N) is 2. The number of rotatable bonds is 9. The van der Waals surface area contributed by atoms with Gasteiger partial charge in [0.05, 0.1) is 11.7 Å². The Balaban J connectivity index is 1.30. The monoisotopic (exact) mass is 572 g/mol. The number of hydrogen-bond acceptors (Lipinski definition) is 5. The molecule has 2 fully saturated rings. The summed E-state index contributed by atoms with van der Waals surface area (Å²) in [6.07, 6.45) is 5.73. The lowest BCUT2D eigenvalue weighted by atomic mass is 9.80. The average molecular weight is 573 g/mol. The summed E-state index contributed by atoms with van der Waals surface area (Å²) in [4.78, 5) is 32.2. The maximum absolute atomic E-state index is 13.6. The van der Waals surface area contributed by atoms with Crippen LogP contribution in [-0.2, 0) is 11.3 Å². The summed E-state index contributed by atoms with van der Waals surface area (Å²) in [6.45, 7) is 4.72. The van der Waals surface area contributed by atoms with Crippen molar-refractivity contribution in [3.05, 3.63) is 63.2 Å². The molecule has 216 valence electrons. The van der Waals surface area contributed by atoms with Gasteiger partial charge in [-0.15, -0.1) is 11.8 Å². The number of nitrogens with zero attached hydrogens (tertiary/aromatic N) is 2. The second kappa shape index (κ2) is 12.0. The molecule has 1 amide bonds. The molecule has 0 spiro atoms. The number of thioether (sulfide) groups is 1. The van der Waals surface area contributed by atoms with Gasteiger partial charge in [0.25, 0.3) is 11.5 Å². The van der Waals surface area contributed by atoms with Gasteiger partial charge in [-0.2, -0.15) is 8.78 Å². The molecular weight excluding hydrogens is 534 g/mol. The van der Waals surface area contributed by atoms with Gasteiger partial charge >= 0.3 is 6.61 Å². The van der Waals surface area contributed by atoms with Crippen LogP contribution in [0.1, 0.15) is 66.0 Å². The van der Waals surface area contributed by atoms with Crippen LogP contribution in [0.25, 0.3) is 10.9 Å². The molecule has 2 N–H and O–H groups in total. The van der Waals surface area contributed by atoms with E-state index in [1.54, 1.807) is 0 Å². The Kier molecular flexibility index (Phi) is 8.68. The number of para-hydroxylation sites is 1. The molecular formula is C30H38F2N4O3S. The molecule has 2 aromatic heterocycles. The molecule has 0 bridgehead atoms. The standard InChI is InChI=1S/C30H38F2N4O3S/c1-17-13-26(40-4)24(28(37)34-17)14-33-29(38)27-19(3)36(25-8-6-5-7-23(25)27)18(2)20-9-11-21(12-10-20)35-15-22(16-35)39-30(31)32/h5-8,13,18,20-22,30H,9-12,14-16H2,1-4H3,(H,33,38)(H,34,37). The van der Waals surface area contributed by atoms with Gasteiger partial charge in [-0.1, -0.05) is 18.2 Å². The van der Waals surface area contributed by atoms with E-state index < -0.39 is 6.61 Å². The van der Waals surface area contributed by atoms with Gasteiger partial charge in [0.15, 0.2) is 0 Å². The molecule has 1 saturated carbocycles. The summed E-state index contributed by atoms with van der Waals surface area (Å²) < 4.78 is 31.9. The van der Waals surface area contributed by atoms with Crippen LogP contribution in [0.2, 0.25) is 0 Å². The first-order valence-corrected chi connectivity index (χ1v) is 15.2. The van der Waals surface area contributed by atoms with Gasteiger partial charge in [0.2, 0.25) is 0 Å². The summed E-state index contributed by atoms with van der Waals surface area (Å²) in [6, 6.07) is 10.6. The lowest BCUT2D eigenvalue weighted by Crippen LogP contribution is -2.57. The number of ether oxygens (including phenoxy) is 1. The number of aromatic nitrogens is 2. The van der Waals surface area contributed by atoms with E-state index in [1.807, 2.05) is 44.4 Å². The molecule has 10 heteroatoms. The number of hydrogen-bond donors (Lipinski definition) is 2. The number of fused-ring (bicyclic) bond motifs is 1. The van der Waals surface area contributed by atoms with Crippen LogP contribution in [0.15, 0.2) is 40.0 Å². The van der Waals surface area contributed by atoms with Gasteiger partial charge in [-0.05, 0) is 70.8 Å². The lowest BCUT2D eigenvalue weighted by molar-refractivity contribution is -0.202. The minimum Gasteiger partial charge on any atom is -0.348 e. The summed E-state index contributed by atoms with van der Waals surface area (Å²) in [7, 11) is 0. The lowest BCUT2D eigenvalue weighted by Gasteiger charge is -2.46. The molecule has 1 atom stereocenters. The smallest absolute Gasteiger partial charge is 0.345 e. The number of carbonyl (C=O) groups is 1. The third kappa shape index (κ3) is 5.71. The highest BCUT2D eigenvalue weighted by atomic mass is 32.2. The van der Waals surface area contributed by atoms with Crippen LogP contribution in [0, 0.1) is 19.8 Å². The number of alkyl halides is 2. The third-order valence-electron chi connectivity index (χ3n) is 8.78. The number of halogens is 2. The van der Waals surface area contributed by atoms with Crippen LogP contribution in [-0.4, -0.2) is 58.5 Å². The number of benzene rings is 1. The largest absolute Gasteiger partial charge is 0.348 e. The van der Waals surface area contributed by atoms with E-state index in [4.69, 9.17) is 0 Å². The third-order valence-corrected chi connectivity index (χ3v) is 9.58. The van der Waals surface area contributed by atoms with E-state index in [2.05, 4.69) is 37.5 Å². The number of amides is 1. The van der Waals surface area contributed by atoms with Gasteiger partial charge in [0, 0.05) is 64.5 Å². The zero-order valence-corrected chi connectivity index (χ0v) is 24.3. The van der Waals surface area contributed by atoms with Gasteiger partial charge < -0.3 is 19.6 Å². The van der Waals surface area contributed by atoms with Gasteiger partial charge in [0.1, 0.15) is 0 Å². The molecule has 40 heavy (non-hydrogen) atoms. The van der Waals surface area contributed by atoms with Crippen LogP contribution in [0.5, 0.6) is 0 Å². The zero-order chi connectivity index (χ0) is 28.6. The van der Waals surface area contributed by atoms with Crippen molar-refractivity contribution in [2.24, 2.45) is 5.92 Å². The number of pyridine rings is 1. The summed E-state index contributed by atoms with van der Waals surface area (Å²) in [5, 5.41) is 3.92. The Morgan fingerprint density at radius 2 is 1.88 bits per heavy atom. The fourth-order valence-electron chi connectivity index (χ4n) is 6.65. The van der Waals surface area contributed by atoms with Crippen molar-refractivity contribution < 1.29 is 18.3 Å². The molecule has 1 saturated heterocycles. The van der Waals surface area contributed by atoms with Crippen LogP contribution in [0.3, 0.4) is 0 Å². The maximum atomic E-state index is 13.6. The van der Waals surface area contributed by atoms with E-state index in [0.717, 1.165) is 52.9 Å². The van der Waals surface area contributed by atoms with E-state index >= 15 is 0 Å². The highest BCUT2D eigenvalue weighted by Gasteiger charge is 2.37. The molecule has 0 radical (unpaired) electrons. The molecule has 3 aromatic rings. The fraction of sp³-hybridized carbons (Fsp3) is 0.533. The molecule has 1 aromatic carbocycles. The number of H-pyrrole nitrogens is 1. The average Bonchev–Trinajstić information content (AvgIpc) is 3.20. The highest BCUT2D eigenvalue weighted by Crippen LogP contribution is 2.39. The number of aryl methyl sites for hydroxylation is 1. The molecule has 1 aliphatic heterocycles. The first kappa shape index (κ1) is 28.8. The van der Waals surface area contributed by atoms with Crippen LogP contribution in [0.4, 0.5) is 8.78 Å². The van der Waals surface area contributed by atoms with E-state index in [1.165, 1.54) is 11.8 Å². The molecule has 3 heterocycles. The Labute approximate surface area is 237 Å². The summed E-state index contributed by atoms with van der Waals surface area (Å²) in [5.74, 6) is 0.264. The van der Waals surface area contributed by atoms with E-state index in [-0.39, 0.29) is 30.2 Å². The predicted octanol–water partition coefficient (Wildman–Crippen LogP) is 5.64. The second-order valence-electron chi connectivity index (χ2n) is 11.1. The Bertz CT molecular complexity index is 1420. The molecule has 5 rings (SSSR count). The van der Waals surface area contributed by atoms with Crippen molar-refractivity contribution in [1.29, 1.82) is 0 Å². The van der Waals surface area contributed by atoms with Crippen molar-refractivity contribution in [1.82, 2.24) is 19.8 Å². The Hall–Kier alpha value is -2.69. The van der Waals surface area contributed by atoms with E-state index in [9.17, 15) is 18.4 Å². The van der Waals surface area contributed by atoms with Crippen LogP contribution >= 0.6 is 11.8 Å². The summed E-state index contributed by atoms with van der Waals surface area (Å²) in [5.41, 5.74) is 3.78. The van der Waals surface area contributed by atoms with Gasteiger partial charge in [-0.25, -0.2) is 0 Å². The number of likely N-dealkylation sites (tertiary alicyclic amines) is 1. The van der Waals surface area contributed by atoms with Crippen molar-refractivity contribution in [2.75, 3.05) is 19.3 Å². The normalized spacial score (nSPS) is 21.1. The maximum Gasteiger partial charge on any atom is 0.345 e. The van der Waals surface area contributed by atoms with Crippen molar-refractivity contribution >= 4 is 28.6 Å². The molecule has 7 nitrogen and oxygen atoms in total. The van der Waals surface area contributed by atoms with Crippen molar-refractivity contribution in [3.8, 4) is 0 Å². The predicted molar refractivity (Wildman–Crippen MR) is 154 cm³/mol. The first-order valence-electron chi connectivity index (χ1n) is 14.0. The minimum atomic E-state index is -2.70. The van der Waals surface area contributed by atoms with E-state index in [0.29, 0.717) is 36.2 Å². The fourth-order valence-corrected chi connectivity index (χ4v) is 7.36. The Morgan fingerprint density at radius 3 is 2.55 bits per heavy atom. The minimum absolute atomic E-state index is 0.156. The number of aromatic amines is 1. The van der Waals surface area contributed by atoms with Crippen molar-refractivity contribution in [2.45, 2.75) is 82.7 Å². The van der Waals surface area contributed by atoms with Crippen LogP contribution < -0.4 is 10.9 Å². The SMILES string of the molecule is CSc1cc(C)[nH]c(=O)c1CNC(=O)c1c(C)n(C(C)C2CCC(N3CC(OC(F)F)C3)CC2)c2ccccc12. The molecule has 1 aliphatic carbocycles. The number of carbonyl (C=O) groups excluding carboxylic acids is 1. The molecule has 1 unspecified atom stereocenters. The quantitative estimate of drug-likeness (QED) is 0.325.